The molecule has 0 fully saturated rings. The van der Waals surface area contributed by atoms with Gasteiger partial charge in [-0.2, -0.15) is 0 Å². The van der Waals surface area contributed by atoms with Crippen LogP contribution >= 0.6 is 11.3 Å². The van der Waals surface area contributed by atoms with E-state index >= 15 is 0 Å². The first-order chi connectivity index (χ1) is 19.8. The lowest BCUT2D eigenvalue weighted by atomic mass is 10.1. The van der Waals surface area contributed by atoms with Gasteiger partial charge < -0.3 is 9.80 Å². The Morgan fingerprint density at radius 3 is 1.55 bits per heavy atom. The van der Waals surface area contributed by atoms with Crippen molar-refractivity contribution < 1.29 is 0 Å². The summed E-state index contributed by atoms with van der Waals surface area (Å²) in [5.74, 6) is 0. The van der Waals surface area contributed by atoms with Crippen molar-refractivity contribution in [3.05, 3.63) is 157 Å². The van der Waals surface area contributed by atoms with Crippen molar-refractivity contribution in [1.29, 1.82) is 0 Å². The standard InChI is InChI=1S/C37H28N2S/c1-27-21-22-32(26-35(27)39(29-15-7-3-8-16-29)30-17-9-4-10-18-30)38(28-13-5-2-6-14-28)31-23-24-37-34(25-31)33-19-11-12-20-36(33)40-37/h2-26H,1H3. The molecule has 1 heterocycles. The molecule has 192 valence electrons. The Hall–Kier alpha value is -4.86. The molecule has 0 N–H and O–H groups in total. The molecule has 0 amide bonds. The fourth-order valence-corrected chi connectivity index (χ4v) is 6.52. The third-order valence-corrected chi connectivity index (χ3v) is 8.51. The van der Waals surface area contributed by atoms with Crippen molar-refractivity contribution in [2.45, 2.75) is 6.92 Å². The monoisotopic (exact) mass is 532 g/mol. The van der Waals surface area contributed by atoms with E-state index in [9.17, 15) is 0 Å². The zero-order valence-electron chi connectivity index (χ0n) is 22.2. The Balaban J connectivity index is 1.43. The molecule has 1 aromatic heterocycles. The average molecular weight is 533 g/mol. The molecule has 0 aliphatic rings. The number of anilines is 6. The molecule has 0 atom stereocenters. The molecular formula is C37H28N2S. The number of hydrogen-bond donors (Lipinski definition) is 0. The third-order valence-electron chi connectivity index (χ3n) is 7.35. The molecule has 0 aliphatic heterocycles. The Labute approximate surface area is 239 Å². The second kappa shape index (κ2) is 10.4. The minimum absolute atomic E-state index is 1.11. The van der Waals surface area contributed by atoms with Gasteiger partial charge in [0.25, 0.3) is 0 Å². The van der Waals surface area contributed by atoms with Crippen LogP contribution in [-0.4, -0.2) is 0 Å². The van der Waals surface area contributed by atoms with Gasteiger partial charge in [0.1, 0.15) is 0 Å². The second-order valence-corrected chi connectivity index (χ2v) is 11.0. The lowest BCUT2D eigenvalue weighted by Crippen LogP contribution is -2.14. The van der Waals surface area contributed by atoms with E-state index in [4.69, 9.17) is 0 Å². The molecule has 40 heavy (non-hydrogen) atoms. The van der Waals surface area contributed by atoms with Gasteiger partial charge in [-0.3, -0.25) is 0 Å². The zero-order chi connectivity index (χ0) is 26.9. The lowest BCUT2D eigenvalue weighted by Gasteiger charge is -2.30. The molecule has 0 unspecified atom stereocenters. The van der Waals surface area contributed by atoms with Crippen LogP contribution < -0.4 is 9.80 Å². The van der Waals surface area contributed by atoms with Gasteiger partial charge >= 0.3 is 0 Å². The molecule has 0 saturated heterocycles. The molecular weight excluding hydrogens is 504 g/mol. The molecule has 2 nitrogen and oxygen atoms in total. The Bertz CT molecular complexity index is 1870. The van der Waals surface area contributed by atoms with E-state index in [0.29, 0.717) is 0 Å². The predicted octanol–water partition coefficient (Wildman–Crippen LogP) is 11.3. The summed E-state index contributed by atoms with van der Waals surface area (Å²) >= 11 is 1.85. The quantitative estimate of drug-likeness (QED) is 0.210. The summed E-state index contributed by atoms with van der Waals surface area (Å²) in [5.41, 5.74) is 8.01. The topological polar surface area (TPSA) is 6.48 Å². The van der Waals surface area contributed by atoms with Crippen LogP contribution in [0, 0.1) is 6.92 Å². The van der Waals surface area contributed by atoms with Crippen molar-refractivity contribution in [2.75, 3.05) is 9.80 Å². The number of aryl methyl sites for hydroxylation is 1. The summed E-state index contributed by atoms with van der Waals surface area (Å²) in [6.45, 7) is 2.19. The number of thiophene rings is 1. The highest BCUT2D eigenvalue weighted by atomic mass is 32.1. The molecule has 7 aromatic rings. The molecule has 3 heteroatoms. The highest BCUT2D eigenvalue weighted by Gasteiger charge is 2.19. The van der Waals surface area contributed by atoms with Crippen LogP contribution in [0.2, 0.25) is 0 Å². The largest absolute Gasteiger partial charge is 0.310 e. The normalized spacial score (nSPS) is 11.1. The van der Waals surface area contributed by atoms with Crippen molar-refractivity contribution in [2.24, 2.45) is 0 Å². The lowest BCUT2D eigenvalue weighted by molar-refractivity contribution is 1.23. The van der Waals surface area contributed by atoms with Gasteiger partial charge in [0.2, 0.25) is 0 Å². The fraction of sp³-hybridized carbons (Fsp3) is 0.0270. The van der Waals surface area contributed by atoms with Crippen LogP contribution in [0.4, 0.5) is 34.1 Å². The third kappa shape index (κ3) is 4.41. The Morgan fingerprint density at radius 1 is 0.400 bits per heavy atom. The first-order valence-corrected chi connectivity index (χ1v) is 14.4. The highest BCUT2D eigenvalue weighted by molar-refractivity contribution is 7.25. The summed E-state index contributed by atoms with van der Waals surface area (Å²) < 4.78 is 2.63. The minimum Gasteiger partial charge on any atom is -0.310 e. The number of para-hydroxylation sites is 3. The van der Waals surface area contributed by atoms with Crippen LogP contribution in [0.1, 0.15) is 5.56 Å². The van der Waals surface area contributed by atoms with Gasteiger partial charge in [-0.1, -0.05) is 78.9 Å². The van der Waals surface area contributed by atoms with Crippen LogP contribution in [0.3, 0.4) is 0 Å². The van der Waals surface area contributed by atoms with Crippen LogP contribution in [-0.2, 0) is 0 Å². The Morgan fingerprint density at radius 2 is 0.900 bits per heavy atom. The maximum atomic E-state index is 2.36. The van der Waals surface area contributed by atoms with Gasteiger partial charge in [0.15, 0.2) is 0 Å². The maximum Gasteiger partial charge on any atom is 0.0511 e. The summed E-state index contributed by atoms with van der Waals surface area (Å²) in [6, 6.07) is 54.2. The van der Waals surface area contributed by atoms with Crippen LogP contribution in [0.25, 0.3) is 20.2 Å². The van der Waals surface area contributed by atoms with Gasteiger partial charge in [-0.25, -0.2) is 0 Å². The van der Waals surface area contributed by atoms with E-state index in [0.717, 1.165) is 34.1 Å². The van der Waals surface area contributed by atoms with Crippen LogP contribution in [0.5, 0.6) is 0 Å². The van der Waals surface area contributed by atoms with Crippen molar-refractivity contribution in [1.82, 2.24) is 0 Å². The summed E-state index contributed by atoms with van der Waals surface area (Å²) in [7, 11) is 0. The number of fused-ring (bicyclic) bond motifs is 3. The van der Waals surface area contributed by atoms with Gasteiger partial charge in [0, 0.05) is 48.6 Å². The van der Waals surface area contributed by atoms with Gasteiger partial charge in [0.05, 0.1) is 5.69 Å². The second-order valence-electron chi connectivity index (χ2n) is 9.93. The first kappa shape index (κ1) is 24.2. The smallest absolute Gasteiger partial charge is 0.0511 e. The first-order valence-electron chi connectivity index (χ1n) is 13.5. The number of hydrogen-bond acceptors (Lipinski definition) is 3. The Kier molecular flexibility index (Phi) is 6.27. The van der Waals surface area contributed by atoms with E-state index < -0.39 is 0 Å². The maximum absolute atomic E-state index is 2.36. The highest BCUT2D eigenvalue weighted by Crippen LogP contribution is 2.43. The van der Waals surface area contributed by atoms with Crippen molar-refractivity contribution >= 4 is 65.6 Å². The van der Waals surface area contributed by atoms with Crippen LogP contribution in [0.15, 0.2) is 152 Å². The molecule has 0 aliphatic carbocycles. The molecule has 0 bridgehead atoms. The molecule has 0 radical (unpaired) electrons. The molecule has 6 aromatic carbocycles. The van der Waals surface area contributed by atoms with E-state index in [1.165, 1.54) is 25.7 Å². The number of rotatable bonds is 6. The van der Waals surface area contributed by atoms with Crippen molar-refractivity contribution in [3.8, 4) is 0 Å². The van der Waals surface area contributed by atoms with Crippen molar-refractivity contribution in [3.63, 3.8) is 0 Å². The molecule has 0 spiro atoms. The fourth-order valence-electron chi connectivity index (χ4n) is 5.44. The minimum atomic E-state index is 1.11. The molecule has 7 rings (SSSR count). The average Bonchev–Trinajstić information content (AvgIpc) is 3.39. The summed E-state index contributed by atoms with van der Waals surface area (Å²) in [4.78, 5) is 4.71. The zero-order valence-corrected chi connectivity index (χ0v) is 23.1. The summed E-state index contributed by atoms with van der Waals surface area (Å²) in [6.07, 6.45) is 0. The number of nitrogens with zero attached hydrogens (tertiary/aromatic N) is 2. The molecule has 0 saturated carbocycles. The summed E-state index contributed by atoms with van der Waals surface area (Å²) in [5, 5.41) is 2.60. The van der Waals surface area contributed by atoms with Gasteiger partial charge in [-0.15, -0.1) is 11.3 Å². The number of benzene rings is 6. The van der Waals surface area contributed by atoms with E-state index in [-0.39, 0.29) is 0 Å². The predicted molar refractivity (Wildman–Crippen MR) is 173 cm³/mol. The van der Waals surface area contributed by atoms with E-state index in [1.54, 1.807) is 0 Å². The van der Waals surface area contributed by atoms with E-state index in [2.05, 4.69) is 168 Å². The SMILES string of the molecule is Cc1ccc(N(c2ccccc2)c2ccc3sc4ccccc4c3c2)cc1N(c1ccccc1)c1ccccc1. The van der Waals surface area contributed by atoms with E-state index in [1.807, 2.05) is 11.3 Å². The van der Waals surface area contributed by atoms with Gasteiger partial charge in [-0.05, 0) is 85.3 Å².